The zero-order valence-corrected chi connectivity index (χ0v) is 10.4. The Bertz CT molecular complexity index is 197. The first kappa shape index (κ1) is 10.9. The Hall–Kier alpha value is 0.774. The molecule has 0 aromatic rings. The molecular weight excluding hydrogens is 227 g/mol. The molecule has 0 N–H and O–H groups in total. The number of hydrogen-bond donors (Lipinski definition) is 0. The molecule has 0 saturated heterocycles. The first-order valence-electron chi connectivity index (χ1n) is 4.19. The van der Waals surface area contributed by atoms with Crippen LogP contribution in [0.3, 0.4) is 0 Å². The van der Waals surface area contributed by atoms with Gasteiger partial charge >= 0.3 is 88.6 Å². The number of hydrogen-bond acceptors (Lipinski definition) is 0. The molecule has 12 heavy (non-hydrogen) atoms. The summed E-state index contributed by atoms with van der Waals surface area (Å²) < 4.78 is 0.0395. The molecule has 1 aliphatic rings. The Morgan fingerprint density at radius 2 is 1.83 bits per heavy atom. The van der Waals surface area contributed by atoms with Gasteiger partial charge in [-0.2, -0.15) is 0 Å². The third-order valence-electron chi connectivity index (χ3n) is 2.61. The van der Waals surface area contributed by atoms with Gasteiger partial charge in [0, 0.05) is 0 Å². The average molecular weight is 240 g/mol. The summed E-state index contributed by atoms with van der Waals surface area (Å²) in [6.07, 6.45) is 9.60. The maximum atomic E-state index is 6.14. The van der Waals surface area contributed by atoms with Crippen molar-refractivity contribution in [3.05, 3.63) is 24.3 Å². The fraction of sp³-hybridized carbons (Fsp3) is 0.556. The van der Waals surface area contributed by atoms with Crippen LogP contribution in [0.4, 0.5) is 0 Å². The van der Waals surface area contributed by atoms with Gasteiger partial charge in [0.05, 0.1) is 0 Å². The zero-order valence-electron chi connectivity index (χ0n) is 7.35. The monoisotopic (exact) mass is 239 g/mol. The first-order chi connectivity index (χ1) is 5.63. The van der Waals surface area contributed by atoms with Crippen molar-refractivity contribution < 1.29 is 15.7 Å². The van der Waals surface area contributed by atoms with Crippen LogP contribution in [0.5, 0.6) is 0 Å². The van der Waals surface area contributed by atoms with E-state index in [2.05, 4.69) is 38.2 Å². The zero-order chi connectivity index (χ0) is 9.19. The maximum absolute atomic E-state index is 6.14. The van der Waals surface area contributed by atoms with Crippen LogP contribution in [0.15, 0.2) is 24.3 Å². The summed E-state index contributed by atoms with van der Waals surface area (Å²) in [6, 6.07) is 0. The molecule has 0 nitrogen and oxygen atoms in total. The minimum atomic E-state index is -1.93. The first-order valence-corrected chi connectivity index (χ1v) is 9.26. The van der Waals surface area contributed by atoms with Gasteiger partial charge in [0.2, 0.25) is 0 Å². The van der Waals surface area contributed by atoms with Gasteiger partial charge in [-0.25, -0.2) is 0 Å². The molecule has 1 unspecified atom stereocenters. The quantitative estimate of drug-likeness (QED) is 0.647. The second-order valence-corrected chi connectivity index (χ2v) is 9.30. The molecule has 0 saturated carbocycles. The second-order valence-electron chi connectivity index (χ2n) is 3.22. The Morgan fingerprint density at radius 1 is 1.33 bits per heavy atom. The van der Waals surface area contributed by atoms with E-state index in [0.717, 1.165) is 6.42 Å². The van der Waals surface area contributed by atoms with Gasteiger partial charge in [-0.1, -0.05) is 0 Å². The van der Waals surface area contributed by atoms with Crippen LogP contribution in [0, 0.1) is 5.92 Å². The minimum absolute atomic E-state index is 0.0395. The number of rotatable bonds is 3. The van der Waals surface area contributed by atoms with Crippen molar-refractivity contribution in [3.8, 4) is 0 Å². The molecule has 0 bridgehead atoms. The van der Waals surface area contributed by atoms with Crippen molar-refractivity contribution in [2.45, 2.75) is 24.0 Å². The second kappa shape index (κ2) is 4.33. The van der Waals surface area contributed by atoms with E-state index in [1.165, 1.54) is 0 Å². The predicted octanol–water partition coefficient (Wildman–Crippen LogP) is 4.24. The van der Waals surface area contributed by atoms with Gasteiger partial charge in [-0.3, -0.25) is 0 Å². The Morgan fingerprint density at radius 3 is 2.17 bits per heavy atom. The van der Waals surface area contributed by atoms with Crippen LogP contribution >= 0.6 is 18.6 Å². The van der Waals surface area contributed by atoms with Crippen molar-refractivity contribution in [3.63, 3.8) is 0 Å². The summed E-state index contributed by atoms with van der Waals surface area (Å²) in [7, 11) is 12.3. The fourth-order valence-corrected chi connectivity index (χ4v) is 5.63. The molecule has 1 aliphatic carbocycles. The summed E-state index contributed by atoms with van der Waals surface area (Å²) in [4.78, 5) is 0. The van der Waals surface area contributed by atoms with Crippen LogP contribution in [0.2, 0.25) is 3.72 Å². The molecule has 0 aromatic heterocycles. The fourth-order valence-electron chi connectivity index (χ4n) is 1.46. The van der Waals surface area contributed by atoms with Gasteiger partial charge in [0.15, 0.2) is 0 Å². The molecular formula is C9H13Cl2Ti. The normalized spacial score (nSPS) is 21.3. The summed E-state index contributed by atoms with van der Waals surface area (Å²) in [5.41, 5.74) is 0. The molecule has 67 valence electrons. The molecule has 0 aromatic carbocycles. The summed E-state index contributed by atoms with van der Waals surface area (Å²) in [5.74, 6) is 0.567. The van der Waals surface area contributed by atoms with Crippen molar-refractivity contribution >= 4 is 18.6 Å². The van der Waals surface area contributed by atoms with Crippen LogP contribution in [-0.4, -0.2) is 0 Å². The van der Waals surface area contributed by atoms with Crippen molar-refractivity contribution in [1.82, 2.24) is 0 Å². The SMILES string of the molecule is CCC(C)[C]1([Ti]([Cl])[Cl])C=CC=C1. The number of halogens is 2. The van der Waals surface area contributed by atoms with Crippen molar-refractivity contribution in [2.75, 3.05) is 0 Å². The predicted molar refractivity (Wildman–Crippen MR) is 52.1 cm³/mol. The molecule has 0 radical (unpaired) electrons. The standard InChI is InChI=1S/C9H13.2ClH.Ti/c1-3-8(2)9-6-4-5-7-9;;;/h4-8H,3H2,1-2H3;2*1H;/q;;;+2/p-2. The number of allylic oxidation sites excluding steroid dienone is 4. The Kier molecular flexibility index (Phi) is 3.91. The Labute approximate surface area is 88.2 Å². The molecule has 0 spiro atoms. The summed E-state index contributed by atoms with van der Waals surface area (Å²) in [5, 5.41) is 0. The van der Waals surface area contributed by atoms with Gasteiger partial charge < -0.3 is 0 Å². The van der Waals surface area contributed by atoms with Crippen LogP contribution in [-0.2, 0) is 15.7 Å². The van der Waals surface area contributed by atoms with E-state index in [1.54, 1.807) is 0 Å². The van der Waals surface area contributed by atoms with E-state index >= 15 is 0 Å². The van der Waals surface area contributed by atoms with E-state index in [0.29, 0.717) is 5.92 Å². The van der Waals surface area contributed by atoms with Crippen LogP contribution in [0.25, 0.3) is 0 Å². The van der Waals surface area contributed by atoms with E-state index in [1.807, 2.05) is 0 Å². The van der Waals surface area contributed by atoms with Crippen molar-refractivity contribution in [2.24, 2.45) is 5.92 Å². The van der Waals surface area contributed by atoms with E-state index in [9.17, 15) is 0 Å². The van der Waals surface area contributed by atoms with E-state index < -0.39 is 15.7 Å². The molecule has 0 fully saturated rings. The Balaban J connectivity index is 2.88. The molecule has 0 heterocycles. The average Bonchev–Trinajstić information content (AvgIpc) is 2.52. The third-order valence-corrected chi connectivity index (χ3v) is 7.62. The van der Waals surface area contributed by atoms with E-state index in [-0.39, 0.29) is 3.72 Å². The van der Waals surface area contributed by atoms with Crippen LogP contribution < -0.4 is 0 Å². The molecule has 3 heteroatoms. The molecule has 0 amide bonds. The molecule has 1 rings (SSSR count). The van der Waals surface area contributed by atoms with Gasteiger partial charge in [0.1, 0.15) is 0 Å². The summed E-state index contributed by atoms with van der Waals surface area (Å²) >= 11 is -1.93. The topological polar surface area (TPSA) is 0 Å². The van der Waals surface area contributed by atoms with Crippen molar-refractivity contribution in [1.29, 1.82) is 0 Å². The molecule has 0 aliphatic heterocycles. The third kappa shape index (κ3) is 1.82. The summed E-state index contributed by atoms with van der Waals surface area (Å²) in [6.45, 7) is 4.40. The van der Waals surface area contributed by atoms with E-state index in [4.69, 9.17) is 18.6 Å². The van der Waals surface area contributed by atoms with Gasteiger partial charge in [0.25, 0.3) is 0 Å². The van der Waals surface area contributed by atoms with Gasteiger partial charge in [-0.15, -0.1) is 0 Å². The van der Waals surface area contributed by atoms with Gasteiger partial charge in [-0.05, 0) is 0 Å². The molecule has 1 atom stereocenters. The van der Waals surface area contributed by atoms with Crippen LogP contribution in [0.1, 0.15) is 20.3 Å².